The molecule has 5 heteroatoms. The molecule has 0 N–H and O–H groups in total. The zero-order chi connectivity index (χ0) is 20.3. The summed E-state index contributed by atoms with van der Waals surface area (Å²) in [4.78, 5) is 6.76. The number of aryl methyl sites for hydroxylation is 1. The molecule has 30 heavy (non-hydrogen) atoms. The molecule has 0 aliphatic carbocycles. The Balaban J connectivity index is 1.65. The van der Waals surface area contributed by atoms with Crippen molar-refractivity contribution in [2.75, 3.05) is 4.90 Å². The third-order valence-electron chi connectivity index (χ3n) is 5.06. The molecule has 3 aromatic carbocycles. The first-order valence-electron chi connectivity index (χ1n) is 9.83. The Morgan fingerprint density at radius 1 is 0.700 bits per heavy atom. The van der Waals surface area contributed by atoms with Gasteiger partial charge in [-0.05, 0) is 48.5 Å². The summed E-state index contributed by atoms with van der Waals surface area (Å²) in [7, 11) is 2.01. The van der Waals surface area contributed by atoms with Gasteiger partial charge in [-0.1, -0.05) is 36.4 Å². The number of hydrogen-bond donors (Lipinski definition) is 0. The number of hydrogen-bond acceptors (Lipinski definition) is 3. The molecule has 0 unspecified atom stereocenters. The van der Waals surface area contributed by atoms with Crippen LogP contribution in [0.25, 0.3) is 17.1 Å². The molecule has 0 amide bonds. The molecule has 0 aliphatic rings. The minimum atomic E-state index is 0.940. The van der Waals surface area contributed by atoms with Crippen molar-refractivity contribution in [2.24, 2.45) is 7.05 Å². The highest BCUT2D eigenvalue weighted by Gasteiger charge is 2.15. The molecule has 0 radical (unpaired) electrons. The molecule has 0 aliphatic heterocycles. The van der Waals surface area contributed by atoms with Gasteiger partial charge in [0.2, 0.25) is 0 Å². The van der Waals surface area contributed by atoms with Crippen LogP contribution in [0.1, 0.15) is 0 Å². The van der Waals surface area contributed by atoms with Crippen molar-refractivity contribution in [1.82, 2.24) is 19.3 Å². The first-order chi connectivity index (χ1) is 14.8. The molecule has 5 nitrogen and oxygen atoms in total. The van der Waals surface area contributed by atoms with Gasteiger partial charge in [-0.25, -0.2) is 9.67 Å². The molecule has 0 fully saturated rings. The second-order valence-electron chi connectivity index (χ2n) is 7.05. The minimum Gasteiger partial charge on any atom is -0.334 e. The van der Waals surface area contributed by atoms with E-state index in [4.69, 9.17) is 0 Å². The van der Waals surface area contributed by atoms with E-state index in [2.05, 4.69) is 87.8 Å². The van der Waals surface area contributed by atoms with Crippen LogP contribution in [-0.4, -0.2) is 19.3 Å². The molecule has 146 valence electrons. The molecule has 0 saturated carbocycles. The maximum atomic E-state index is 4.51. The molecule has 0 atom stereocenters. The van der Waals surface area contributed by atoms with Crippen LogP contribution in [0.15, 0.2) is 110 Å². The van der Waals surface area contributed by atoms with Gasteiger partial charge < -0.3 is 9.47 Å². The summed E-state index contributed by atoms with van der Waals surface area (Å²) in [6, 6.07) is 29.2. The molecule has 2 heterocycles. The second-order valence-corrected chi connectivity index (χ2v) is 7.05. The van der Waals surface area contributed by atoms with Gasteiger partial charge in [0.05, 0.1) is 5.69 Å². The van der Waals surface area contributed by atoms with Gasteiger partial charge in [0.1, 0.15) is 5.82 Å². The van der Waals surface area contributed by atoms with Gasteiger partial charge in [0, 0.05) is 54.5 Å². The zero-order valence-corrected chi connectivity index (χ0v) is 16.6. The SMILES string of the molecule is Cn1ccnc1-c1cccc(N(c2ccccc2)c2cccc(-n3cccn3)c2)c1. The fourth-order valence-corrected chi connectivity index (χ4v) is 3.65. The molecule has 5 aromatic rings. The van der Waals surface area contributed by atoms with E-state index in [1.54, 1.807) is 6.20 Å². The van der Waals surface area contributed by atoms with Gasteiger partial charge in [0.25, 0.3) is 0 Å². The summed E-state index contributed by atoms with van der Waals surface area (Å²) in [5.41, 5.74) is 5.31. The first-order valence-corrected chi connectivity index (χ1v) is 9.83. The molecule has 0 spiro atoms. The zero-order valence-electron chi connectivity index (χ0n) is 16.6. The van der Waals surface area contributed by atoms with E-state index in [0.717, 1.165) is 34.1 Å². The van der Waals surface area contributed by atoms with Gasteiger partial charge in [-0.2, -0.15) is 5.10 Å². The van der Waals surface area contributed by atoms with Crippen molar-refractivity contribution in [3.05, 3.63) is 110 Å². The maximum absolute atomic E-state index is 4.51. The van der Waals surface area contributed by atoms with Crippen LogP contribution in [-0.2, 0) is 7.05 Å². The quantitative estimate of drug-likeness (QED) is 0.383. The smallest absolute Gasteiger partial charge is 0.139 e. The molecular formula is C25H21N5. The Kier molecular flexibility index (Phi) is 4.62. The number of benzene rings is 3. The molecule has 0 saturated heterocycles. The van der Waals surface area contributed by atoms with E-state index < -0.39 is 0 Å². The highest BCUT2D eigenvalue weighted by Crippen LogP contribution is 2.36. The Morgan fingerprint density at radius 3 is 2.20 bits per heavy atom. The van der Waals surface area contributed by atoms with Crippen molar-refractivity contribution in [1.29, 1.82) is 0 Å². The number of imidazole rings is 1. The number of aromatic nitrogens is 4. The summed E-state index contributed by atoms with van der Waals surface area (Å²) >= 11 is 0. The summed E-state index contributed by atoms with van der Waals surface area (Å²) in [5, 5.41) is 4.38. The van der Waals surface area contributed by atoms with Gasteiger partial charge >= 0.3 is 0 Å². The lowest BCUT2D eigenvalue weighted by atomic mass is 10.1. The average molecular weight is 391 g/mol. The second kappa shape index (κ2) is 7.72. The lowest BCUT2D eigenvalue weighted by Gasteiger charge is -2.26. The largest absolute Gasteiger partial charge is 0.334 e. The lowest BCUT2D eigenvalue weighted by Crippen LogP contribution is -2.10. The van der Waals surface area contributed by atoms with E-state index >= 15 is 0 Å². The Labute approximate surface area is 175 Å². The topological polar surface area (TPSA) is 38.9 Å². The molecule has 2 aromatic heterocycles. The molecule has 5 rings (SSSR count). The van der Waals surface area contributed by atoms with Crippen molar-refractivity contribution < 1.29 is 0 Å². The van der Waals surface area contributed by atoms with Crippen molar-refractivity contribution >= 4 is 17.1 Å². The Hall–Kier alpha value is -4.12. The van der Waals surface area contributed by atoms with Gasteiger partial charge in [0.15, 0.2) is 0 Å². The van der Waals surface area contributed by atoms with Crippen LogP contribution in [0.5, 0.6) is 0 Å². The lowest BCUT2D eigenvalue weighted by molar-refractivity contribution is 0.880. The van der Waals surface area contributed by atoms with Gasteiger partial charge in [-0.3, -0.25) is 0 Å². The van der Waals surface area contributed by atoms with Gasteiger partial charge in [-0.15, -0.1) is 0 Å². The van der Waals surface area contributed by atoms with E-state index in [-0.39, 0.29) is 0 Å². The van der Waals surface area contributed by atoms with E-state index in [9.17, 15) is 0 Å². The predicted molar refractivity (Wildman–Crippen MR) is 120 cm³/mol. The molecule has 0 bridgehead atoms. The fraction of sp³-hybridized carbons (Fsp3) is 0.0400. The summed E-state index contributed by atoms with van der Waals surface area (Å²) < 4.78 is 3.90. The summed E-state index contributed by atoms with van der Waals surface area (Å²) in [6.07, 6.45) is 7.53. The Bertz CT molecular complexity index is 1260. The highest BCUT2D eigenvalue weighted by molar-refractivity contribution is 5.79. The normalized spacial score (nSPS) is 10.8. The summed E-state index contributed by atoms with van der Waals surface area (Å²) in [6.45, 7) is 0. The first kappa shape index (κ1) is 17.9. The average Bonchev–Trinajstić information content (AvgIpc) is 3.47. The molecular weight excluding hydrogens is 370 g/mol. The number of anilines is 3. The van der Waals surface area contributed by atoms with Crippen LogP contribution in [0, 0.1) is 0 Å². The van der Waals surface area contributed by atoms with E-state index in [1.165, 1.54) is 0 Å². The van der Waals surface area contributed by atoms with Crippen LogP contribution in [0.2, 0.25) is 0 Å². The van der Waals surface area contributed by atoms with Crippen LogP contribution in [0.4, 0.5) is 17.1 Å². The van der Waals surface area contributed by atoms with Crippen LogP contribution < -0.4 is 4.90 Å². The van der Waals surface area contributed by atoms with Crippen molar-refractivity contribution in [3.63, 3.8) is 0 Å². The van der Waals surface area contributed by atoms with Crippen molar-refractivity contribution in [3.8, 4) is 17.1 Å². The van der Waals surface area contributed by atoms with Crippen LogP contribution in [0.3, 0.4) is 0 Å². The highest BCUT2D eigenvalue weighted by atomic mass is 15.3. The predicted octanol–water partition coefficient (Wildman–Crippen LogP) is 5.74. The third-order valence-corrected chi connectivity index (χ3v) is 5.06. The third kappa shape index (κ3) is 3.37. The van der Waals surface area contributed by atoms with Crippen LogP contribution >= 0.6 is 0 Å². The number of nitrogens with zero attached hydrogens (tertiary/aromatic N) is 5. The van der Waals surface area contributed by atoms with E-state index in [1.807, 2.05) is 47.0 Å². The number of para-hydroxylation sites is 1. The monoisotopic (exact) mass is 391 g/mol. The Morgan fingerprint density at radius 2 is 1.47 bits per heavy atom. The maximum Gasteiger partial charge on any atom is 0.139 e. The standard InChI is InChI=1S/C25H21N5/c1-28-17-15-26-25(28)20-8-5-12-23(18-20)30(21-9-3-2-4-10-21)24-13-6-11-22(19-24)29-16-7-14-27-29/h2-19H,1H3. The minimum absolute atomic E-state index is 0.940. The van der Waals surface area contributed by atoms with E-state index in [0.29, 0.717) is 0 Å². The number of rotatable bonds is 5. The fourth-order valence-electron chi connectivity index (χ4n) is 3.65. The van der Waals surface area contributed by atoms with Crippen molar-refractivity contribution in [2.45, 2.75) is 0 Å². The summed E-state index contributed by atoms with van der Waals surface area (Å²) in [5.74, 6) is 0.940.